The zero-order chi connectivity index (χ0) is 34.2. The highest BCUT2D eigenvalue weighted by atomic mass is 32.1. The van der Waals surface area contributed by atoms with Crippen LogP contribution in [0.1, 0.15) is 98.2 Å². The van der Waals surface area contributed by atoms with E-state index in [0.29, 0.717) is 38.9 Å². The first kappa shape index (κ1) is 35.8. The molecule has 2 aliphatic heterocycles. The number of ether oxygens (including phenoxy) is 3. The summed E-state index contributed by atoms with van der Waals surface area (Å²) in [5.74, 6) is -0.451. The number of amides is 2. The van der Waals surface area contributed by atoms with Gasteiger partial charge in [-0.1, -0.05) is 0 Å². The maximum absolute atomic E-state index is 13.6. The van der Waals surface area contributed by atoms with E-state index >= 15 is 0 Å². The molecule has 3 fully saturated rings. The third-order valence-electron chi connectivity index (χ3n) is 8.83. The van der Waals surface area contributed by atoms with Gasteiger partial charge in [0, 0.05) is 18.1 Å². The Balaban J connectivity index is 1.27. The zero-order valence-electron chi connectivity index (χ0n) is 27.5. The lowest BCUT2D eigenvalue weighted by Crippen LogP contribution is -2.53. The van der Waals surface area contributed by atoms with E-state index in [0.717, 1.165) is 30.0 Å². The average molecular weight is 668 g/mol. The third-order valence-corrected chi connectivity index (χ3v) is 9.21. The van der Waals surface area contributed by atoms with Gasteiger partial charge in [0.15, 0.2) is 10.8 Å². The van der Waals surface area contributed by atoms with E-state index in [1.807, 2.05) is 39.5 Å². The normalized spacial score (nSPS) is 27.2. The standard InChI is InChI=1S/C32H44F3N5O5S/c1-19-14-24(15-20(2)38(19)29(42)45-30(3,4)5)44-13-12-43-23-10-8-21(9-11-23)40-28(46)39(27(41)31(40,6)7)22-16-25(32(33,34)35)26(17-36)37-18-22/h16,18-21,23-24H,8-15H2,1-7H3/t19-,20+,21?,23?,24?. The molecule has 0 spiro atoms. The van der Waals surface area contributed by atoms with Crippen LogP contribution in [-0.2, 0) is 25.2 Å². The van der Waals surface area contributed by atoms with Crippen molar-refractivity contribution in [3.05, 3.63) is 23.5 Å². The molecule has 4 rings (SSSR count). The van der Waals surface area contributed by atoms with Gasteiger partial charge in [-0.05, 0) is 105 Å². The van der Waals surface area contributed by atoms with Gasteiger partial charge >= 0.3 is 12.3 Å². The number of hydrogen-bond donors (Lipinski definition) is 0. The Hall–Kier alpha value is -3.02. The summed E-state index contributed by atoms with van der Waals surface area (Å²) in [4.78, 5) is 34.5. The summed E-state index contributed by atoms with van der Waals surface area (Å²) < 4.78 is 58.6. The summed E-state index contributed by atoms with van der Waals surface area (Å²) in [6, 6.07) is 2.10. The summed E-state index contributed by atoms with van der Waals surface area (Å²) in [6.07, 6.45) is 0.250. The van der Waals surface area contributed by atoms with Gasteiger partial charge in [-0.15, -0.1) is 0 Å². The maximum atomic E-state index is 13.6. The first-order valence-corrected chi connectivity index (χ1v) is 16.2. The molecule has 254 valence electrons. The van der Waals surface area contributed by atoms with Crippen molar-refractivity contribution in [2.24, 2.45) is 0 Å². The smallest absolute Gasteiger partial charge is 0.419 e. The van der Waals surface area contributed by atoms with Gasteiger partial charge in [0.2, 0.25) is 0 Å². The second-order valence-corrected chi connectivity index (χ2v) is 14.3. The molecule has 2 saturated heterocycles. The van der Waals surface area contributed by atoms with Crippen LogP contribution in [0.5, 0.6) is 0 Å². The van der Waals surface area contributed by atoms with Crippen molar-refractivity contribution in [1.29, 1.82) is 5.26 Å². The van der Waals surface area contributed by atoms with Crippen LogP contribution in [0.2, 0.25) is 0 Å². The molecule has 1 aromatic heterocycles. The molecule has 1 aromatic rings. The van der Waals surface area contributed by atoms with Gasteiger partial charge in [-0.25, -0.2) is 9.78 Å². The zero-order valence-corrected chi connectivity index (χ0v) is 28.3. The van der Waals surface area contributed by atoms with Crippen LogP contribution in [0, 0.1) is 11.3 Å². The quantitative estimate of drug-likeness (QED) is 0.248. The van der Waals surface area contributed by atoms with Crippen LogP contribution >= 0.6 is 12.2 Å². The van der Waals surface area contributed by atoms with E-state index in [1.165, 1.54) is 6.07 Å². The van der Waals surface area contributed by atoms with Crippen molar-refractivity contribution in [1.82, 2.24) is 14.8 Å². The number of halogens is 3. The fraction of sp³-hybridized carbons (Fsp3) is 0.719. The Morgan fingerprint density at radius 1 is 1.07 bits per heavy atom. The molecule has 3 aliphatic rings. The van der Waals surface area contributed by atoms with Gasteiger partial charge in [0.25, 0.3) is 5.91 Å². The number of likely N-dealkylation sites (tertiary alicyclic amines) is 1. The molecule has 2 amide bonds. The fourth-order valence-electron chi connectivity index (χ4n) is 6.76. The van der Waals surface area contributed by atoms with Crippen molar-refractivity contribution in [3.63, 3.8) is 0 Å². The number of carbonyl (C=O) groups is 2. The predicted molar refractivity (Wildman–Crippen MR) is 168 cm³/mol. The average Bonchev–Trinajstić information content (AvgIpc) is 3.12. The summed E-state index contributed by atoms with van der Waals surface area (Å²) in [5, 5.41) is 9.22. The SMILES string of the molecule is C[C@@H]1CC(OCCOC2CCC(N3C(=S)N(c4cnc(C#N)c(C(F)(F)F)c4)C(=O)C3(C)C)CC2)C[C@H](C)N1C(=O)OC(C)(C)C. The molecule has 0 N–H and O–H groups in total. The second kappa shape index (κ2) is 13.6. The molecule has 1 saturated carbocycles. The van der Waals surface area contributed by atoms with E-state index in [4.69, 9.17) is 31.7 Å². The van der Waals surface area contributed by atoms with Gasteiger partial charge in [0.05, 0.1) is 42.9 Å². The Morgan fingerprint density at radius 3 is 2.15 bits per heavy atom. The highest BCUT2D eigenvalue weighted by Gasteiger charge is 2.53. The molecule has 10 nitrogen and oxygen atoms in total. The lowest BCUT2D eigenvalue weighted by molar-refractivity contribution is -0.138. The molecule has 1 aliphatic carbocycles. The Kier molecular flexibility index (Phi) is 10.6. The third kappa shape index (κ3) is 7.74. The number of nitriles is 1. The molecule has 14 heteroatoms. The van der Waals surface area contributed by atoms with Crippen molar-refractivity contribution >= 4 is 35.0 Å². The number of pyridine rings is 1. The number of nitrogens with zero attached hydrogens (tertiary/aromatic N) is 5. The van der Waals surface area contributed by atoms with Crippen LogP contribution in [0.25, 0.3) is 0 Å². The molecule has 0 radical (unpaired) electrons. The van der Waals surface area contributed by atoms with Gasteiger partial charge < -0.3 is 24.0 Å². The summed E-state index contributed by atoms with van der Waals surface area (Å²) >= 11 is 5.67. The minimum absolute atomic E-state index is 0.00914. The van der Waals surface area contributed by atoms with Crippen LogP contribution in [-0.4, -0.2) is 86.6 Å². The fourth-order valence-corrected chi connectivity index (χ4v) is 7.33. The number of aromatic nitrogens is 1. The number of piperidine rings is 1. The van der Waals surface area contributed by atoms with Gasteiger partial charge in [-0.2, -0.15) is 18.4 Å². The van der Waals surface area contributed by atoms with Crippen molar-refractivity contribution in [3.8, 4) is 6.07 Å². The monoisotopic (exact) mass is 667 g/mol. The van der Waals surface area contributed by atoms with Crippen LogP contribution in [0.3, 0.4) is 0 Å². The van der Waals surface area contributed by atoms with Gasteiger partial charge in [-0.3, -0.25) is 9.69 Å². The Bertz CT molecular complexity index is 1340. The maximum Gasteiger partial charge on any atom is 0.419 e. The topological polar surface area (TPSA) is 108 Å². The molecular weight excluding hydrogens is 623 g/mol. The van der Waals surface area contributed by atoms with Crippen LogP contribution < -0.4 is 4.90 Å². The Labute approximate surface area is 274 Å². The molecule has 1 unspecified atom stereocenters. The van der Waals surface area contributed by atoms with Crippen LogP contribution in [0.4, 0.5) is 23.7 Å². The van der Waals surface area contributed by atoms with E-state index in [9.17, 15) is 22.8 Å². The first-order valence-electron chi connectivity index (χ1n) is 15.7. The minimum atomic E-state index is -4.81. The summed E-state index contributed by atoms with van der Waals surface area (Å²) in [7, 11) is 0. The lowest BCUT2D eigenvalue weighted by atomic mass is 9.89. The predicted octanol–water partition coefficient (Wildman–Crippen LogP) is 6.21. The second-order valence-electron chi connectivity index (χ2n) is 13.9. The highest BCUT2D eigenvalue weighted by Crippen LogP contribution is 2.40. The van der Waals surface area contributed by atoms with E-state index in [2.05, 4.69) is 4.98 Å². The number of anilines is 1. The summed E-state index contributed by atoms with van der Waals surface area (Å²) in [5.41, 5.74) is -3.73. The molecular formula is C32H44F3N5O5S. The number of rotatable bonds is 7. The number of alkyl halides is 3. The van der Waals surface area contributed by atoms with Gasteiger partial charge in [0.1, 0.15) is 17.2 Å². The summed E-state index contributed by atoms with van der Waals surface area (Å²) in [6.45, 7) is 13.9. The molecule has 3 atom stereocenters. The van der Waals surface area contributed by atoms with Crippen molar-refractivity contribution in [2.45, 2.75) is 135 Å². The first-order chi connectivity index (χ1) is 21.3. The minimum Gasteiger partial charge on any atom is -0.444 e. The number of hydrogen-bond acceptors (Lipinski definition) is 8. The Morgan fingerprint density at radius 2 is 1.63 bits per heavy atom. The lowest BCUT2D eigenvalue weighted by Gasteiger charge is -2.42. The molecule has 46 heavy (non-hydrogen) atoms. The molecule has 3 heterocycles. The number of thiocarbonyl (C=S) groups is 1. The highest BCUT2D eigenvalue weighted by molar-refractivity contribution is 7.80. The van der Waals surface area contributed by atoms with E-state index in [1.54, 1.807) is 18.7 Å². The van der Waals surface area contributed by atoms with Crippen molar-refractivity contribution < 1.29 is 37.0 Å². The van der Waals surface area contributed by atoms with Crippen molar-refractivity contribution in [2.75, 3.05) is 18.1 Å². The van der Waals surface area contributed by atoms with E-state index in [-0.39, 0.29) is 47.2 Å². The van der Waals surface area contributed by atoms with E-state index < -0.39 is 34.5 Å². The largest absolute Gasteiger partial charge is 0.444 e. The molecule has 0 bridgehead atoms. The molecule has 0 aromatic carbocycles. The number of carbonyl (C=O) groups excluding carboxylic acids is 2. The van der Waals surface area contributed by atoms with Crippen LogP contribution in [0.15, 0.2) is 12.3 Å².